The molecule has 2 heterocycles. The summed E-state index contributed by atoms with van der Waals surface area (Å²) in [5.41, 5.74) is 5.11. The molecule has 3 aromatic carbocycles. The van der Waals surface area contributed by atoms with Gasteiger partial charge in [0.05, 0.1) is 11.0 Å². The highest BCUT2D eigenvalue weighted by Gasteiger charge is 2.45. The number of phenols is 1. The normalized spacial score (nSPS) is 21.7. The second-order valence-corrected chi connectivity index (χ2v) is 11.4. The Bertz CT molecular complexity index is 1480. The van der Waals surface area contributed by atoms with Gasteiger partial charge in [-0.05, 0) is 73.2 Å². The Kier molecular flexibility index (Phi) is 6.71. The summed E-state index contributed by atoms with van der Waals surface area (Å²) in [7, 11) is 0. The third-order valence-electron chi connectivity index (χ3n) is 7.09. The van der Waals surface area contributed by atoms with Crippen LogP contribution in [0.2, 0.25) is 0 Å². The van der Waals surface area contributed by atoms with Gasteiger partial charge in [-0.3, -0.25) is 10.1 Å². The monoisotopic (exact) mass is 588 g/mol. The summed E-state index contributed by atoms with van der Waals surface area (Å²) >= 11 is 5.14. The fourth-order valence-electron chi connectivity index (χ4n) is 5.29. The molecule has 3 aliphatic rings. The number of hydrogen-bond acceptors (Lipinski definition) is 7. The third kappa shape index (κ3) is 4.72. The van der Waals surface area contributed by atoms with Crippen molar-refractivity contribution < 1.29 is 10.0 Å². The summed E-state index contributed by atoms with van der Waals surface area (Å²) in [5.74, 6) is 0.264. The zero-order valence-electron chi connectivity index (χ0n) is 20.4. The Morgan fingerprint density at radius 2 is 1.79 bits per heavy atom. The number of nitrogens with one attached hydrogen (secondary N) is 1. The number of thioether (sulfide) groups is 1. The maximum absolute atomic E-state index is 11.2. The van der Waals surface area contributed by atoms with Gasteiger partial charge in [-0.25, -0.2) is 4.99 Å². The van der Waals surface area contributed by atoms with E-state index in [2.05, 4.69) is 44.4 Å². The summed E-state index contributed by atoms with van der Waals surface area (Å²) in [6.07, 6.45) is 5.94. The number of aromatic hydroxyl groups is 1. The van der Waals surface area contributed by atoms with Crippen molar-refractivity contribution in [2.45, 2.75) is 37.9 Å². The van der Waals surface area contributed by atoms with E-state index < -0.39 is 4.92 Å². The number of halogens is 1. The maximum Gasteiger partial charge on any atom is 0.269 e. The first-order valence-electron chi connectivity index (χ1n) is 12.5. The number of nitrogens with zero attached hydrogens (tertiary/aromatic N) is 3. The van der Waals surface area contributed by atoms with Gasteiger partial charge in [0, 0.05) is 38.5 Å². The summed E-state index contributed by atoms with van der Waals surface area (Å²) < 4.78 is 1.01. The number of phenolic OH excluding ortho intramolecular Hbond substituents is 1. The average Bonchev–Trinajstić information content (AvgIpc) is 3.25. The van der Waals surface area contributed by atoms with E-state index in [9.17, 15) is 15.2 Å². The van der Waals surface area contributed by atoms with Crippen molar-refractivity contribution >= 4 is 50.3 Å². The van der Waals surface area contributed by atoms with Crippen LogP contribution in [0.15, 0.2) is 98.4 Å². The topological polar surface area (TPSA) is 91.0 Å². The van der Waals surface area contributed by atoms with Crippen LogP contribution in [-0.2, 0) is 0 Å². The van der Waals surface area contributed by atoms with E-state index in [1.807, 2.05) is 30.3 Å². The van der Waals surface area contributed by atoms with Gasteiger partial charge < -0.3 is 15.3 Å². The largest absolute Gasteiger partial charge is 0.508 e. The minimum Gasteiger partial charge on any atom is -0.508 e. The molecule has 9 heteroatoms. The first-order valence-corrected chi connectivity index (χ1v) is 14.1. The van der Waals surface area contributed by atoms with Gasteiger partial charge in [0.1, 0.15) is 11.9 Å². The molecule has 2 aliphatic heterocycles. The molecule has 0 bridgehead atoms. The SMILES string of the molecule is O=[N+]([O-])c1ccc(NC2/C(=C/c3ccc(Br)cc3)SC3=NC4=C(CCCC4)C(c4ccccc4O)N32)cc1. The Balaban J connectivity index is 1.47. The van der Waals surface area contributed by atoms with Crippen LogP contribution in [0, 0.1) is 10.1 Å². The number of nitro benzene ring substituents is 1. The minimum atomic E-state index is -0.394. The second kappa shape index (κ2) is 10.3. The van der Waals surface area contributed by atoms with Crippen molar-refractivity contribution in [3.8, 4) is 5.75 Å². The van der Waals surface area contributed by atoms with E-state index in [0.29, 0.717) is 0 Å². The molecular formula is C29H25BrN4O3S. The molecule has 2 atom stereocenters. The number of fused-ring (bicyclic) bond motifs is 1. The van der Waals surface area contributed by atoms with Crippen molar-refractivity contribution in [2.75, 3.05) is 5.32 Å². The van der Waals surface area contributed by atoms with Crippen LogP contribution in [0.3, 0.4) is 0 Å². The highest BCUT2D eigenvalue weighted by molar-refractivity contribution is 9.10. The summed E-state index contributed by atoms with van der Waals surface area (Å²) in [6, 6.07) is 22.0. The van der Waals surface area contributed by atoms with Crippen molar-refractivity contribution in [1.82, 2.24) is 4.90 Å². The Hall–Kier alpha value is -3.56. The Morgan fingerprint density at radius 1 is 1.05 bits per heavy atom. The van der Waals surface area contributed by atoms with E-state index in [-0.39, 0.29) is 23.6 Å². The van der Waals surface area contributed by atoms with E-state index in [1.165, 1.54) is 17.7 Å². The van der Waals surface area contributed by atoms with Gasteiger partial charge in [0.25, 0.3) is 5.69 Å². The lowest BCUT2D eigenvalue weighted by Gasteiger charge is -2.41. The van der Waals surface area contributed by atoms with Gasteiger partial charge in [0.2, 0.25) is 0 Å². The molecule has 6 rings (SSSR count). The highest BCUT2D eigenvalue weighted by Crippen LogP contribution is 2.51. The molecule has 3 aromatic rings. The number of nitro groups is 1. The van der Waals surface area contributed by atoms with Crippen LogP contribution in [0.4, 0.5) is 11.4 Å². The molecule has 7 nitrogen and oxygen atoms in total. The fraction of sp³-hybridized carbons (Fsp3) is 0.207. The van der Waals surface area contributed by atoms with Gasteiger partial charge in [-0.1, -0.05) is 58.0 Å². The van der Waals surface area contributed by atoms with Crippen LogP contribution in [0.5, 0.6) is 5.75 Å². The van der Waals surface area contributed by atoms with E-state index in [1.54, 1.807) is 30.0 Å². The maximum atomic E-state index is 11.2. The van der Waals surface area contributed by atoms with Gasteiger partial charge in [0.15, 0.2) is 5.17 Å². The molecule has 2 unspecified atom stereocenters. The number of non-ortho nitro benzene ring substituents is 1. The summed E-state index contributed by atoms with van der Waals surface area (Å²) in [4.78, 5) is 19.3. The molecule has 0 spiro atoms. The second-order valence-electron chi connectivity index (χ2n) is 9.49. The highest BCUT2D eigenvalue weighted by atomic mass is 79.9. The van der Waals surface area contributed by atoms with E-state index in [4.69, 9.17) is 4.99 Å². The van der Waals surface area contributed by atoms with Crippen molar-refractivity contribution in [3.63, 3.8) is 0 Å². The number of benzene rings is 3. The fourth-order valence-corrected chi connectivity index (χ4v) is 6.71. The molecule has 0 saturated carbocycles. The van der Waals surface area contributed by atoms with Gasteiger partial charge >= 0.3 is 0 Å². The van der Waals surface area contributed by atoms with Crippen molar-refractivity contribution in [1.29, 1.82) is 0 Å². The zero-order valence-corrected chi connectivity index (χ0v) is 22.8. The quantitative estimate of drug-likeness (QED) is 0.233. The molecule has 38 heavy (non-hydrogen) atoms. The van der Waals surface area contributed by atoms with Crippen LogP contribution >= 0.6 is 27.7 Å². The summed E-state index contributed by atoms with van der Waals surface area (Å²) in [6.45, 7) is 0. The number of aliphatic imine (C=N–C) groups is 1. The number of para-hydroxylation sites is 1. The molecule has 0 radical (unpaired) electrons. The first kappa shape index (κ1) is 24.8. The minimum absolute atomic E-state index is 0.0475. The predicted molar refractivity (Wildman–Crippen MR) is 156 cm³/mol. The lowest BCUT2D eigenvalue weighted by molar-refractivity contribution is -0.384. The molecule has 192 valence electrons. The molecule has 1 saturated heterocycles. The Morgan fingerprint density at radius 3 is 2.53 bits per heavy atom. The lowest BCUT2D eigenvalue weighted by Crippen LogP contribution is -2.44. The third-order valence-corrected chi connectivity index (χ3v) is 8.68. The van der Waals surface area contributed by atoms with Crippen molar-refractivity contribution in [3.05, 3.63) is 115 Å². The molecular weight excluding hydrogens is 564 g/mol. The molecule has 0 amide bonds. The van der Waals surface area contributed by atoms with E-state index >= 15 is 0 Å². The smallest absolute Gasteiger partial charge is 0.269 e. The standard InChI is InChI=1S/C29H25BrN4O3S/c30-19-11-9-18(10-12-19)17-26-28(31-20-13-15-21(16-14-20)34(36)37)33-27(23-6-2-4-8-25(23)35)22-5-1-3-7-24(22)32-29(33)38-26/h2,4,6,8-17,27-28,31,35H,1,3,5,7H2/b26-17-. The van der Waals surface area contributed by atoms with Crippen LogP contribution in [0.1, 0.15) is 42.9 Å². The molecule has 1 fully saturated rings. The van der Waals surface area contributed by atoms with Crippen molar-refractivity contribution in [2.24, 2.45) is 4.99 Å². The average molecular weight is 590 g/mol. The molecule has 0 aromatic heterocycles. The van der Waals surface area contributed by atoms with Gasteiger partial charge in [-0.2, -0.15) is 0 Å². The van der Waals surface area contributed by atoms with Crippen LogP contribution in [0.25, 0.3) is 6.08 Å². The number of anilines is 1. The molecule has 2 N–H and O–H groups in total. The van der Waals surface area contributed by atoms with Crippen LogP contribution in [-0.4, -0.2) is 26.3 Å². The number of amidine groups is 1. The summed E-state index contributed by atoms with van der Waals surface area (Å²) in [5, 5.41) is 26.7. The predicted octanol–water partition coefficient (Wildman–Crippen LogP) is 7.83. The van der Waals surface area contributed by atoms with Crippen LogP contribution < -0.4 is 5.32 Å². The lowest BCUT2D eigenvalue weighted by atomic mass is 9.85. The number of rotatable bonds is 5. The van der Waals surface area contributed by atoms with Gasteiger partial charge in [-0.15, -0.1) is 0 Å². The first-order chi connectivity index (χ1) is 18.5. The molecule has 1 aliphatic carbocycles. The number of allylic oxidation sites excluding steroid dienone is 1. The number of hydrogen-bond donors (Lipinski definition) is 2. The van der Waals surface area contributed by atoms with E-state index in [0.717, 1.165) is 62.7 Å². The Labute approximate surface area is 233 Å². The zero-order chi connectivity index (χ0) is 26.2.